The van der Waals surface area contributed by atoms with Crippen molar-refractivity contribution in [2.45, 2.75) is 40.7 Å². The first-order chi connectivity index (χ1) is 8.04. The minimum absolute atomic E-state index is 0.0863. The van der Waals surface area contributed by atoms with E-state index in [9.17, 15) is 9.59 Å². The second kappa shape index (κ2) is 5.13. The zero-order valence-electron chi connectivity index (χ0n) is 11.1. The van der Waals surface area contributed by atoms with Crippen LogP contribution in [0.5, 0.6) is 0 Å². The highest BCUT2D eigenvalue weighted by Gasteiger charge is 2.37. The molecular weight excluding hydrogens is 214 g/mol. The summed E-state index contributed by atoms with van der Waals surface area (Å²) in [5.74, 6) is -0.336. The van der Waals surface area contributed by atoms with Crippen molar-refractivity contribution in [1.29, 1.82) is 0 Å². The fourth-order valence-electron chi connectivity index (χ4n) is 1.94. The van der Waals surface area contributed by atoms with Gasteiger partial charge >= 0.3 is 0 Å². The highest BCUT2D eigenvalue weighted by molar-refractivity contribution is 6.22. The molecule has 0 unspecified atom stereocenters. The molecule has 1 aliphatic rings. The maximum Gasteiger partial charge on any atom is 0.262 e. The molecule has 17 heavy (non-hydrogen) atoms. The summed E-state index contributed by atoms with van der Waals surface area (Å²) in [6.45, 7) is 9.54. The molecular formula is C14H19NO2. The molecule has 2 amide bonds. The lowest BCUT2D eigenvalue weighted by atomic mass is 10.0. The molecule has 3 nitrogen and oxygen atoms in total. The molecule has 1 aromatic carbocycles. The number of benzene rings is 1. The number of hydrogen-bond acceptors (Lipinski definition) is 2. The average molecular weight is 233 g/mol. The van der Waals surface area contributed by atoms with Gasteiger partial charge in [-0.2, -0.15) is 0 Å². The van der Waals surface area contributed by atoms with Crippen molar-refractivity contribution in [3.05, 3.63) is 34.9 Å². The summed E-state index contributed by atoms with van der Waals surface area (Å²) >= 11 is 0. The quantitative estimate of drug-likeness (QED) is 0.699. The van der Waals surface area contributed by atoms with Gasteiger partial charge in [0, 0.05) is 6.04 Å². The number of imide groups is 1. The Kier molecular flexibility index (Phi) is 4.05. The summed E-state index contributed by atoms with van der Waals surface area (Å²) in [7, 11) is 0. The van der Waals surface area contributed by atoms with Gasteiger partial charge in [-0.15, -0.1) is 0 Å². The first-order valence-corrected chi connectivity index (χ1v) is 6.01. The fraction of sp³-hybridized carbons (Fsp3) is 0.429. The Bertz CT molecular complexity index is 450. The molecule has 0 N–H and O–H groups in total. The van der Waals surface area contributed by atoms with Crippen molar-refractivity contribution in [2.24, 2.45) is 0 Å². The van der Waals surface area contributed by atoms with Crippen LogP contribution in [0.25, 0.3) is 0 Å². The maximum absolute atomic E-state index is 12.0. The first kappa shape index (κ1) is 13.4. The molecule has 0 fully saturated rings. The van der Waals surface area contributed by atoms with E-state index < -0.39 is 0 Å². The smallest absolute Gasteiger partial charge is 0.262 e. The van der Waals surface area contributed by atoms with Gasteiger partial charge in [-0.3, -0.25) is 14.5 Å². The van der Waals surface area contributed by atoms with Crippen LogP contribution >= 0.6 is 0 Å². The minimum atomic E-state index is -0.172. The van der Waals surface area contributed by atoms with Gasteiger partial charge in [0.2, 0.25) is 0 Å². The summed E-state index contributed by atoms with van der Waals surface area (Å²) in [6, 6.07) is 5.29. The van der Waals surface area contributed by atoms with E-state index in [0.717, 1.165) is 5.56 Å². The molecule has 92 valence electrons. The van der Waals surface area contributed by atoms with Crippen LogP contribution in [0.3, 0.4) is 0 Å². The third-order valence-electron chi connectivity index (χ3n) is 2.67. The lowest BCUT2D eigenvalue weighted by Crippen LogP contribution is -2.36. The van der Waals surface area contributed by atoms with E-state index in [1.165, 1.54) is 4.90 Å². The Morgan fingerprint density at radius 1 is 1.06 bits per heavy atom. The molecule has 0 saturated heterocycles. The van der Waals surface area contributed by atoms with E-state index >= 15 is 0 Å². The standard InChI is InChI=1S/C12H13NO2.C2H6/c1-7(2)13-11(14)9-6-4-5-8(3)10(9)12(13)15;1-2/h4-7H,1-3H3;1-2H3. The van der Waals surface area contributed by atoms with Crippen LogP contribution < -0.4 is 0 Å². The Morgan fingerprint density at radius 3 is 2.12 bits per heavy atom. The maximum atomic E-state index is 12.0. The summed E-state index contributed by atoms with van der Waals surface area (Å²) in [6.07, 6.45) is 0. The summed E-state index contributed by atoms with van der Waals surface area (Å²) in [5, 5.41) is 0. The highest BCUT2D eigenvalue weighted by atomic mass is 16.2. The number of amides is 2. The second-order valence-corrected chi connectivity index (χ2v) is 4.07. The van der Waals surface area contributed by atoms with E-state index in [0.29, 0.717) is 11.1 Å². The lowest BCUT2D eigenvalue weighted by molar-refractivity contribution is 0.0609. The molecule has 0 aromatic heterocycles. The Hall–Kier alpha value is -1.64. The number of carbonyl (C=O) groups is 2. The SMILES string of the molecule is CC.Cc1cccc2c1C(=O)N(C(C)C)C2=O. The molecule has 0 spiro atoms. The van der Waals surface area contributed by atoms with Crippen LogP contribution in [-0.2, 0) is 0 Å². The Balaban J connectivity index is 0.000000686. The number of nitrogens with zero attached hydrogens (tertiary/aromatic N) is 1. The Labute approximate surface area is 102 Å². The number of carbonyl (C=O) groups excluding carboxylic acids is 2. The summed E-state index contributed by atoms with van der Waals surface area (Å²) < 4.78 is 0. The molecule has 1 aromatic rings. The zero-order chi connectivity index (χ0) is 13.2. The van der Waals surface area contributed by atoms with E-state index in [-0.39, 0.29) is 17.9 Å². The summed E-state index contributed by atoms with van der Waals surface area (Å²) in [5.41, 5.74) is 1.97. The van der Waals surface area contributed by atoms with E-state index in [2.05, 4.69) is 0 Å². The second-order valence-electron chi connectivity index (χ2n) is 4.07. The molecule has 2 rings (SSSR count). The zero-order valence-corrected chi connectivity index (χ0v) is 11.1. The number of aryl methyl sites for hydroxylation is 1. The third-order valence-corrected chi connectivity index (χ3v) is 2.67. The largest absolute Gasteiger partial charge is 0.272 e. The predicted molar refractivity (Wildman–Crippen MR) is 68.2 cm³/mol. The van der Waals surface area contributed by atoms with Gasteiger partial charge in [0.15, 0.2) is 0 Å². The molecule has 1 heterocycles. The van der Waals surface area contributed by atoms with Gasteiger partial charge < -0.3 is 0 Å². The molecule has 0 aliphatic carbocycles. The molecule has 0 saturated carbocycles. The average Bonchev–Trinajstić information content (AvgIpc) is 2.55. The van der Waals surface area contributed by atoms with Gasteiger partial charge in [-0.25, -0.2) is 0 Å². The van der Waals surface area contributed by atoms with Gasteiger partial charge in [-0.1, -0.05) is 26.0 Å². The lowest BCUT2D eigenvalue weighted by Gasteiger charge is -2.17. The van der Waals surface area contributed by atoms with E-state index in [1.807, 2.05) is 46.8 Å². The van der Waals surface area contributed by atoms with E-state index in [1.54, 1.807) is 6.07 Å². The monoisotopic (exact) mass is 233 g/mol. The van der Waals surface area contributed by atoms with E-state index in [4.69, 9.17) is 0 Å². The van der Waals surface area contributed by atoms with Crippen molar-refractivity contribution >= 4 is 11.8 Å². The number of fused-ring (bicyclic) bond motifs is 1. The molecule has 3 heteroatoms. The van der Waals surface area contributed by atoms with Gasteiger partial charge in [0.05, 0.1) is 11.1 Å². The number of rotatable bonds is 1. The van der Waals surface area contributed by atoms with Gasteiger partial charge in [-0.05, 0) is 32.4 Å². The van der Waals surface area contributed by atoms with Crippen molar-refractivity contribution in [3.8, 4) is 0 Å². The Morgan fingerprint density at radius 2 is 1.65 bits per heavy atom. The van der Waals surface area contributed by atoms with Crippen LogP contribution in [0.2, 0.25) is 0 Å². The third kappa shape index (κ3) is 2.09. The highest BCUT2D eigenvalue weighted by Crippen LogP contribution is 2.26. The van der Waals surface area contributed by atoms with Crippen LogP contribution in [-0.4, -0.2) is 22.8 Å². The molecule has 1 aliphatic heterocycles. The molecule has 0 radical (unpaired) electrons. The van der Waals surface area contributed by atoms with Crippen LogP contribution in [0.15, 0.2) is 18.2 Å². The molecule has 0 bridgehead atoms. The van der Waals surface area contributed by atoms with Crippen molar-refractivity contribution in [2.75, 3.05) is 0 Å². The van der Waals surface area contributed by atoms with Crippen molar-refractivity contribution in [3.63, 3.8) is 0 Å². The summed E-state index contributed by atoms with van der Waals surface area (Å²) in [4.78, 5) is 25.2. The van der Waals surface area contributed by atoms with Crippen molar-refractivity contribution in [1.82, 2.24) is 4.90 Å². The normalized spacial score (nSPS) is 13.6. The van der Waals surface area contributed by atoms with Crippen LogP contribution in [0.4, 0.5) is 0 Å². The first-order valence-electron chi connectivity index (χ1n) is 6.01. The van der Waals surface area contributed by atoms with Crippen LogP contribution in [0, 0.1) is 6.92 Å². The fourth-order valence-corrected chi connectivity index (χ4v) is 1.94. The molecule has 0 atom stereocenters. The number of hydrogen-bond donors (Lipinski definition) is 0. The van der Waals surface area contributed by atoms with Crippen molar-refractivity contribution < 1.29 is 9.59 Å². The van der Waals surface area contributed by atoms with Crippen LogP contribution in [0.1, 0.15) is 54.0 Å². The van der Waals surface area contributed by atoms with Gasteiger partial charge in [0.1, 0.15) is 0 Å². The minimum Gasteiger partial charge on any atom is -0.272 e. The predicted octanol–water partition coefficient (Wildman–Crippen LogP) is 3.03. The topological polar surface area (TPSA) is 37.4 Å². The van der Waals surface area contributed by atoms with Gasteiger partial charge in [0.25, 0.3) is 11.8 Å².